The number of pyridine rings is 1. The Bertz CT molecular complexity index is 541. The Balaban J connectivity index is 1.94. The molecular weight excluding hydrogens is 252 g/mol. The maximum atomic E-state index is 11.7. The number of anilines is 1. The molecule has 1 aromatic rings. The highest BCUT2D eigenvalue weighted by Gasteiger charge is 2.29. The van der Waals surface area contributed by atoms with Gasteiger partial charge in [0.15, 0.2) is 0 Å². The van der Waals surface area contributed by atoms with E-state index in [2.05, 4.69) is 4.90 Å². The molecule has 0 spiro atoms. The van der Waals surface area contributed by atoms with E-state index in [4.69, 9.17) is 16.5 Å². The second-order valence-corrected chi connectivity index (χ2v) is 6.04. The third kappa shape index (κ3) is 2.26. The van der Waals surface area contributed by atoms with Gasteiger partial charge in [-0.05, 0) is 50.2 Å². The van der Waals surface area contributed by atoms with Crippen molar-refractivity contribution in [1.82, 2.24) is 4.98 Å². The maximum Gasteiger partial charge on any atom is 0.252 e. The summed E-state index contributed by atoms with van der Waals surface area (Å²) in [5, 5.41) is 0. The fraction of sp³-hybridized carbons (Fsp3) is 0.600. The number of primary amides is 1. The lowest BCUT2D eigenvalue weighted by Gasteiger charge is -2.22. The SMILES string of the molecule is CC(N)C1CCN(c2nc3c(cc2C(N)=O)CCC3)C1. The Morgan fingerprint density at radius 1 is 1.50 bits per heavy atom. The molecule has 0 radical (unpaired) electrons. The normalized spacial score (nSPS) is 22.9. The molecule has 2 aliphatic rings. The molecule has 5 heteroatoms. The fourth-order valence-corrected chi connectivity index (χ4v) is 3.29. The molecule has 2 heterocycles. The van der Waals surface area contributed by atoms with Crippen LogP contribution in [0.4, 0.5) is 5.82 Å². The van der Waals surface area contributed by atoms with Crippen LogP contribution in [0.25, 0.3) is 0 Å². The third-order valence-electron chi connectivity index (χ3n) is 4.56. The van der Waals surface area contributed by atoms with Crippen molar-refractivity contribution in [3.8, 4) is 0 Å². The lowest BCUT2D eigenvalue weighted by molar-refractivity contribution is 0.100. The van der Waals surface area contributed by atoms with Crippen molar-refractivity contribution in [2.45, 2.75) is 38.6 Å². The van der Waals surface area contributed by atoms with Crippen molar-refractivity contribution < 1.29 is 4.79 Å². The molecule has 3 rings (SSSR count). The van der Waals surface area contributed by atoms with E-state index in [1.54, 1.807) is 0 Å². The number of rotatable bonds is 3. The summed E-state index contributed by atoms with van der Waals surface area (Å²) in [5.41, 5.74) is 14.4. The molecule has 1 saturated heterocycles. The van der Waals surface area contributed by atoms with Crippen LogP contribution in [-0.2, 0) is 12.8 Å². The van der Waals surface area contributed by atoms with Gasteiger partial charge in [-0.3, -0.25) is 4.79 Å². The van der Waals surface area contributed by atoms with Gasteiger partial charge in [0.2, 0.25) is 0 Å². The van der Waals surface area contributed by atoms with Crippen LogP contribution in [0, 0.1) is 5.92 Å². The highest BCUT2D eigenvalue weighted by molar-refractivity contribution is 5.98. The van der Waals surface area contributed by atoms with Gasteiger partial charge in [0, 0.05) is 24.8 Å². The van der Waals surface area contributed by atoms with E-state index in [1.807, 2.05) is 13.0 Å². The molecule has 1 aromatic heterocycles. The topological polar surface area (TPSA) is 85.2 Å². The van der Waals surface area contributed by atoms with E-state index in [1.165, 1.54) is 5.56 Å². The number of fused-ring (bicyclic) bond motifs is 1. The second kappa shape index (κ2) is 5.05. The number of hydrogen-bond donors (Lipinski definition) is 2. The zero-order chi connectivity index (χ0) is 14.3. The average molecular weight is 274 g/mol. The second-order valence-electron chi connectivity index (χ2n) is 6.04. The summed E-state index contributed by atoms with van der Waals surface area (Å²) in [4.78, 5) is 18.6. The van der Waals surface area contributed by atoms with Crippen molar-refractivity contribution in [2.75, 3.05) is 18.0 Å². The van der Waals surface area contributed by atoms with Crippen LogP contribution < -0.4 is 16.4 Å². The van der Waals surface area contributed by atoms with Crippen molar-refractivity contribution in [2.24, 2.45) is 17.4 Å². The zero-order valence-electron chi connectivity index (χ0n) is 11.9. The molecule has 1 amide bonds. The molecule has 2 unspecified atom stereocenters. The van der Waals surface area contributed by atoms with Gasteiger partial charge in [-0.25, -0.2) is 4.98 Å². The predicted octanol–water partition coefficient (Wildman–Crippen LogP) is 0.843. The first-order chi connectivity index (χ1) is 9.56. The lowest BCUT2D eigenvalue weighted by atomic mass is 10.0. The molecule has 20 heavy (non-hydrogen) atoms. The van der Waals surface area contributed by atoms with Crippen molar-refractivity contribution in [1.29, 1.82) is 0 Å². The summed E-state index contributed by atoms with van der Waals surface area (Å²) in [7, 11) is 0. The van der Waals surface area contributed by atoms with Crippen LogP contribution in [0.15, 0.2) is 6.07 Å². The number of carbonyl (C=O) groups is 1. The molecule has 4 N–H and O–H groups in total. The Morgan fingerprint density at radius 3 is 2.95 bits per heavy atom. The van der Waals surface area contributed by atoms with E-state index in [-0.39, 0.29) is 11.9 Å². The summed E-state index contributed by atoms with van der Waals surface area (Å²) in [6.07, 6.45) is 4.18. The number of hydrogen-bond acceptors (Lipinski definition) is 4. The maximum absolute atomic E-state index is 11.7. The van der Waals surface area contributed by atoms with Crippen molar-refractivity contribution >= 4 is 11.7 Å². The fourth-order valence-electron chi connectivity index (χ4n) is 3.29. The minimum Gasteiger partial charge on any atom is -0.365 e. The zero-order valence-corrected chi connectivity index (χ0v) is 11.9. The van der Waals surface area contributed by atoms with Gasteiger partial charge in [-0.2, -0.15) is 0 Å². The van der Waals surface area contributed by atoms with Gasteiger partial charge in [0.1, 0.15) is 5.82 Å². The van der Waals surface area contributed by atoms with Gasteiger partial charge < -0.3 is 16.4 Å². The van der Waals surface area contributed by atoms with Crippen molar-refractivity contribution in [3.05, 3.63) is 22.9 Å². The van der Waals surface area contributed by atoms with Crippen LogP contribution in [0.3, 0.4) is 0 Å². The average Bonchev–Trinajstić information content (AvgIpc) is 3.05. The minimum absolute atomic E-state index is 0.173. The van der Waals surface area contributed by atoms with E-state index in [0.717, 1.165) is 50.3 Å². The molecule has 1 fully saturated rings. The minimum atomic E-state index is -0.383. The molecule has 108 valence electrons. The quantitative estimate of drug-likeness (QED) is 0.855. The van der Waals surface area contributed by atoms with Crippen LogP contribution in [-0.4, -0.2) is 30.0 Å². The molecule has 5 nitrogen and oxygen atoms in total. The van der Waals surface area contributed by atoms with E-state index in [9.17, 15) is 4.79 Å². The molecule has 2 atom stereocenters. The Kier molecular flexibility index (Phi) is 3.38. The van der Waals surface area contributed by atoms with Gasteiger partial charge in [-0.1, -0.05) is 0 Å². The Hall–Kier alpha value is -1.62. The van der Waals surface area contributed by atoms with Crippen LogP contribution >= 0.6 is 0 Å². The largest absolute Gasteiger partial charge is 0.365 e. The van der Waals surface area contributed by atoms with Crippen LogP contribution in [0.5, 0.6) is 0 Å². The third-order valence-corrected chi connectivity index (χ3v) is 4.56. The number of aromatic nitrogens is 1. The Morgan fingerprint density at radius 2 is 2.30 bits per heavy atom. The summed E-state index contributed by atoms with van der Waals surface area (Å²) >= 11 is 0. The number of carbonyl (C=O) groups excluding carboxylic acids is 1. The first-order valence-electron chi connectivity index (χ1n) is 7.39. The standard InChI is InChI=1S/C15H22N4O/c1-9(16)11-5-6-19(8-11)15-12(14(17)20)7-10-3-2-4-13(10)18-15/h7,9,11H,2-6,8,16H2,1H3,(H2,17,20). The summed E-state index contributed by atoms with van der Waals surface area (Å²) in [5.74, 6) is 0.846. The Labute approximate surface area is 119 Å². The number of nitrogens with two attached hydrogens (primary N) is 2. The summed E-state index contributed by atoms with van der Waals surface area (Å²) in [6.45, 7) is 3.81. The summed E-state index contributed by atoms with van der Waals surface area (Å²) < 4.78 is 0. The molecule has 1 aliphatic heterocycles. The molecule has 1 aliphatic carbocycles. The van der Waals surface area contributed by atoms with Crippen molar-refractivity contribution in [3.63, 3.8) is 0 Å². The highest BCUT2D eigenvalue weighted by atomic mass is 16.1. The summed E-state index contributed by atoms with van der Waals surface area (Å²) in [6, 6.07) is 2.12. The number of aryl methyl sites for hydroxylation is 2. The molecule has 0 bridgehead atoms. The predicted molar refractivity (Wildman–Crippen MR) is 78.7 cm³/mol. The van der Waals surface area contributed by atoms with Gasteiger partial charge in [0.05, 0.1) is 5.56 Å². The van der Waals surface area contributed by atoms with E-state index >= 15 is 0 Å². The first kappa shape index (κ1) is 13.4. The molecular formula is C15H22N4O. The number of nitrogens with zero attached hydrogens (tertiary/aromatic N) is 2. The van der Waals surface area contributed by atoms with Gasteiger partial charge in [0.25, 0.3) is 5.91 Å². The molecule has 0 saturated carbocycles. The highest BCUT2D eigenvalue weighted by Crippen LogP contribution is 2.30. The number of amides is 1. The lowest BCUT2D eigenvalue weighted by Crippen LogP contribution is -2.31. The van der Waals surface area contributed by atoms with E-state index < -0.39 is 0 Å². The van der Waals surface area contributed by atoms with E-state index in [0.29, 0.717) is 11.5 Å². The monoisotopic (exact) mass is 274 g/mol. The first-order valence-corrected chi connectivity index (χ1v) is 7.39. The van der Waals surface area contributed by atoms with Gasteiger partial charge >= 0.3 is 0 Å². The van der Waals surface area contributed by atoms with Gasteiger partial charge in [-0.15, -0.1) is 0 Å². The smallest absolute Gasteiger partial charge is 0.252 e. The molecule has 0 aromatic carbocycles. The van der Waals surface area contributed by atoms with Crippen LogP contribution in [0.2, 0.25) is 0 Å². The van der Waals surface area contributed by atoms with Crippen LogP contribution in [0.1, 0.15) is 41.4 Å².